The molecule has 2 heterocycles. The Balaban J connectivity index is 1.41. The third-order valence-corrected chi connectivity index (χ3v) is 5.03. The van der Waals surface area contributed by atoms with Crippen LogP contribution in [0.4, 0.5) is 4.39 Å². The minimum Gasteiger partial charge on any atom is -0.489 e. The Hall–Kier alpha value is -3.45. The number of aromatic nitrogens is 1. The third-order valence-electron chi connectivity index (χ3n) is 4.16. The van der Waals surface area contributed by atoms with Crippen molar-refractivity contribution in [1.29, 1.82) is 0 Å². The van der Waals surface area contributed by atoms with Crippen molar-refractivity contribution in [2.75, 3.05) is 0 Å². The molecule has 4 aromatic rings. The van der Waals surface area contributed by atoms with Crippen LogP contribution >= 0.6 is 11.3 Å². The Morgan fingerprint density at radius 1 is 1.14 bits per heavy atom. The SMILES string of the molecule is O=C(NCc1ccco1)c1csc(-c2ccc(OCc3ccccc3)cc2F)n1. The molecule has 0 aliphatic carbocycles. The van der Waals surface area contributed by atoms with Gasteiger partial charge in [-0.05, 0) is 29.8 Å². The van der Waals surface area contributed by atoms with Gasteiger partial charge in [0.1, 0.15) is 34.6 Å². The van der Waals surface area contributed by atoms with Gasteiger partial charge in [0.15, 0.2) is 0 Å². The lowest BCUT2D eigenvalue weighted by molar-refractivity contribution is 0.0944. The molecule has 2 aromatic heterocycles. The van der Waals surface area contributed by atoms with Gasteiger partial charge in [0.05, 0.1) is 12.8 Å². The van der Waals surface area contributed by atoms with Crippen molar-refractivity contribution in [3.05, 3.63) is 95.1 Å². The molecule has 0 bridgehead atoms. The lowest BCUT2D eigenvalue weighted by atomic mass is 10.2. The number of furan rings is 1. The molecule has 7 heteroatoms. The minimum atomic E-state index is -0.451. The van der Waals surface area contributed by atoms with Gasteiger partial charge in [0.2, 0.25) is 0 Å². The molecule has 1 N–H and O–H groups in total. The van der Waals surface area contributed by atoms with E-state index in [1.807, 2.05) is 30.3 Å². The normalized spacial score (nSPS) is 10.7. The fraction of sp³-hybridized carbons (Fsp3) is 0.0909. The van der Waals surface area contributed by atoms with E-state index in [4.69, 9.17) is 9.15 Å². The number of benzene rings is 2. The van der Waals surface area contributed by atoms with E-state index in [9.17, 15) is 9.18 Å². The molecule has 0 saturated carbocycles. The summed E-state index contributed by atoms with van der Waals surface area (Å²) in [4.78, 5) is 16.5. The van der Waals surface area contributed by atoms with Crippen molar-refractivity contribution >= 4 is 17.2 Å². The summed E-state index contributed by atoms with van der Waals surface area (Å²) in [7, 11) is 0. The average Bonchev–Trinajstić information content (AvgIpc) is 3.44. The second-order valence-electron chi connectivity index (χ2n) is 6.22. The van der Waals surface area contributed by atoms with Gasteiger partial charge in [0, 0.05) is 17.0 Å². The van der Waals surface area contributed by atoms with Gasteiger partial charge in [-0.25, -0.2) is 9.37 Å². The van der Waals surface area contributed by atoms with Gasteiger partial charge in [-0.15, -0.1) is 11.3 Å². The molecule has 4 rings (SSSR count). The molecule has 5 nitrogen and oxygen atoms in total. The van der Waals surface area contributed by atoms with Crippen LogP contribution in [0.15, 0.2) is 76.7 Å². The molecular weight excluding hydrogens is 391 g/mol. The molecule has 29 heavy (non-hydrogen) atoms. The number of rotatable bonds is 7. The van der Waals surface area contributed by atoms with Crippen LogP contribution < -0.4 is 10.1 Å². The van der Waals surface area contributed by atoms with E-state index < -0.39 is 5.82 Å². The highest BCUT2D eigenvalue weighted by atomic mass is 32.1. The molecule has 2 aromatic carbocycles. The standard InChI is InChI=1S/C22H17FN2O3S/c23-19-11-16(28-13-15-5-2-1-3-6-15)8-9-18(19)22-25-20(14-29-22)21(26)24-12-17-7-4-10-27-17/h1-11,14H,12-13H2,(H,24,26). The molecule has 0 radical (unpaired) electrons. The summed E-state index contributed by atoms with van der Waals surface area (Å²) in [6.07, 6.45) is 1.54. The van der Waals surface area contributed by atoms with Crippen LogP contribution in [0.5, 0.6) is 5.75 Å². The van der Waals surface area contributed by atoms with E-state index in [2.05, 4.69) is 10.3 Å². The van der Waals surface area contributed by atoms with Crippen molar-refractivity contribution in [1.82, 2.24) is 10.3 Å². The number of nitrogens with one attached hydrogen (secondary N) is 1. The average molecular weight is 408 g/mol. The van der Waals surface area contributed by atoms with Crippen molar-refractivity contribution < 1.29 is 18.3 Å². The maximum atomic E-state index is 14.6. The molecule has 0 fully saturated rings. The summed E-state index contributed by atoms with van der Waals surface area (Å²) in [6.45, 7) is 0.622. The maximum Gasteiger partial charge on any atom is 0.271 e. The fourth-order valence-corrected chi connectivity index (χ4v) is 3.50. The van der Waals surface area contributed by atoms with Crippen LogP contribution in [0, 0.1) is 5.82 Å². The van der Waals surface area contributed by atoms with Crippen LogP contribution in [-0.4, -0.2) is 10.9 Å². The molecule has 1 amide bonds. The monoisotopic (exact) mass is 408 g/mol. The summed E-state index contributed by atoms with van der Waals surface area (Å²) in [5, 5.41) is 4.75. The summed E-state index contributed by atoms with van der Waals surface area (Å²) in [6, 6.07) is 17.8. The molecule has 0 saturated heterocycles. The predicted octanol–water partition coefficient (Wildman–Crippen LogP) is 5.05. The fourth-order valence-electron chi connectivity index (χ4n) is 2.67. The zero-order valence-electron chi connectivity index (χ0n) is 15.3. The van der Waals surface area contributed by atoms with Crippen LogP contribution in [0.3, 0.4) is 0 Å². The van der Waals surface area contributed by atoms with E-state index in [-0.39, 0.29) is 18.1 Å². The van der Waals surface area contributed by atoms with Gasteiger partial charge in [-0.2, -0.15) is 0 Å². The molecule has 0 aliphatic heterocycles. The molecule has 0 aliphatic rings. The Bertz CT molecular complexity index is 1090. The number of carbonyl (C=O) groups is 1. The molecule has 0 atom stereocenters. The Morgan fingerprint density at radius 2 is 2.00 bits per heavy atom. The summed E-state index contributed by atoms with van der Waals surface area (Å²) in [5.41, 5.74) is 1.56. The van der Waals surface area contributed by atoms with E-state index in [1.54, 1.807) is 35.9 Å². The zero-order valence-corrected chi connectivity index (χ0v) is 16.1. The van der Waals surface area contributed by atoms with Crippen molar-refractivity contribution in [2.24, 2.45) is 0 Å². The van der Waals surface area contributed by atoms with Gasteiger partial charge < -0.3 is 14.5 Å². The highest BCUT2D eigenvalue weighted by Gasteiger charge is 2.15. The summed E-state index contributed by atoms with van der Waals surface area (Å²) >= 11 is 1.21. The molecular formula is C22H17FN2O3S. The summed E-state index contributed by atoms with van der Waals surface area (Å²) < 4.78 is 25.4. The highest BCUT2D eigenvalue weighted by Crippen LogP contribution is 2.29. The number of hydrogen-bond donors (Lipinski definition) is 1. The van der Waals surface area contributed by atoms with E-state index in [0.29, 0.717) is 28.7 Å². The van der Waals surface area contributed by atoms with Crippen LogP contribution in [0.2, 0.25) is 0 Å². The molecule has 0 unspecified atom stereocenters. The first-order chi connectivity index (χ1) is 14.2. The van der Waals surface area contributed by atoms with Crippen LogP contribution in [-0.2, 0) is 13.2 Å². The van der Waals surface area contributed by atoms with Crippen molar-refractivity contribution in [3.8, 4) is 16.3 Å². The number of nitrogens with zero attached hydrogens (tertiary/aromatic N) is 1. The quantitative estimate of drug-likeness (QED) is 0.465. The number of halogens is 1. The third kappa shape index (κ3) is 4.70. The van der Waals surface area contributed by atoms with Crippen molar-refractivity contribution in [3.63, 3.8) is 0 Å². The van der Waals surface area contributed by atoms with Crippen LogP contribution in [0.1, 0.15) is 21.8 Å². The first-order valence-corrected chi connectivity index (χ1v) is 9.80. The van der Waals surface area contributed by atoms with Crippen molar-refractivity contribution in [2.45, 2.75) is 13.2 Å². The highest BCUT2D eigenvalue weighted by molar-refractivity contribution is 7.13. The zero-order chi connectivity index (χ0) is 20.1. The lowest BCUT2D eigenvalue weighted by Crippen LogP contribution is -2.22. The van der Waals surface area contributed by atoms with E-state index in [0.717, 1.165) is 5.56 Å². The Labute approximate surface area is 170 Å². The molecule has 146 valence electrons. The smallest absolute Gasteiger partial charge is 0.271 e. The first kappa shape index (κ1) is 18.9. The van der Waals surface area contributed by atoms with Gasteiger partial charge in [-0.3, -0.25) is 4.79 Å². The van der Waals surface area contributed by atoms with Gasteiger partial charge >= 0.3 is 0 Å². The number of hydrogen-bond acceptors (Lipinski definition) is 5. The molecule has 0 spiro atoms. The number of amides is 1. The first-order valence-electron chi connectivity index (χ1n) is 8.92. The summed E-state index contributed by atoms with van der Waals surface area (Å²) in [5.74, 6) is 0.286. The predicted molar refractivity (Wildman–Crippen MR) is 108 cm³/mol. The lowest BCUT2D eigenvalue weighted by Gasteiger charge is -2.07. The number of carbonyl (C=O) groups excluding carboxylic acids is 1. The largest absolute Gasteiger partial charge is 0.489 e. The Morgan fingerprint density at radius 3 is 2.76 bits per heavy atom. The number of ether oxygens (including phenoxy) is 1. The number of thiazole rings is 1. The minimum absolute atomic E-state index is 0.236. The van der Waals surface area contributed by atoms with Gasteiger partial charge in [0.25, 0.3) is 5.91 Å². The second-order valence-corrected chi connectivity index (χ2v) is 7.07. The van der Waals surface area contributed by atoms with Crippen LogP contribution in [0.25, 0.3) is 10.6 Å². The Kier molecular flexibility index (Phi) is 5.67. The van der Waals surface area contributed by atoms with E-state index >= 15 is 0 Å². The van der Waals surface area contributed by atoms with E-state index in [1.165, 1.54) is 17.4 Å². The second kappa shape index (κ2) is 8.70. The maximum absolute atomic E-state index is 14.6. The topological polar surface area (TPSA) is 64.4 Å². The van der Waals surface area contributed by atoms with Gasteiger partial charge in [-0.1, -0.05) is 30.3 Å².